The first-order chi connectivity index (χ1) is 7.41. The summed E-state index contributed by atoms with van der Waals surface area (Å²) in [6.07, 6.45) is 0. The molecule has 0 bridgehead atoms. The van der Waals surface area contributed by atoms with Gasteiger partial charge in [0.1, 0.15) is 6.54 Å². The number of aliphatic hydroxyl groups is 3. The highest BCUT2D eigenvalue weighted by Crippen LogP contribution is 2.28. The van der Waals surface area contributed by atoms with Gasteiger partial charge in [-0.3, -0.25) is 14.3 Å². The van der Waals surface area contributed by atoms with E-state index in [1.165, 1.54) is 6.92 Å². The third-order valence-corrected chi connectivity index (χ3v) is 3.26. The van der Waals surface area contributed by atoms with Crippen LogP contribution in [0.5, 0.6) is 0 Å². The second kappa shape index (κ2) is 6.88. The molecule has 0 aliphatic carbocycles. The van der Waals surface area contributed by atoms with Crippen LogP contribution in [0.15, 0.2) is 0 Å². The third kappa shape index (κ3) is 4.11. The second-order valence-corrected chi connectivity index (χ2v) is 4.81. The number of carbonyl (C=O) groups is 2. The minimum atomic E-state index is -1.48. The average molecular weight is 253 g/mol. The maximum Gasteiger partial charge on any atom is 0.318 e. The van der Waals surface area contributed by atoms with Crippen LogP contribution < -0.4 is 0 Å². The van der Waals surface area contributed by atoms with E-state index >= 15 is 0 Å². The quantitative estimate of drug-likeness (QED) is 0.378. The summed E-state index contributed by atoms with van der Waals surface area (Å²) in [5.41, 5.74) is -1.77. The van der Waals surface area contributed by atoms with Crippen molar-refractivity contribution >= 4 is 20.2 Å². The summed E-state index contributed by atoms with van der Waals surface area (Å²) < 4.78 is 1.08. The fourth-order valence-electron chi connectivity index (χ4n) is 1.06. The first kappa shape index (κ1) is 15.4. The summed E-state index contributed by atoms with van der Waals surface area (Å²) in [5.74, 6) is -1.20. The van der Waals surface area contributed by atoms with Gasteiger partial charge in [-0.2, -0.15) is 0 Å². The number of aliphatic carboxylic acids is 1. The Morgan fingerprint density at radius 2 is 1.62 bits per heavy atom. The highest BCUT2D eigenvalue weighted by molar-refractivity contribution is 7.55. The standard InChI is InChI=1S/C8H16NO6P/c1-6(13)16-9(2-7(14)15)8(3-10,4-11)5-12/h10-12,16H,2-5H2,1H3,(H,14,15). The van der Waals surface area contributed by atoms with Crippen molar-refractivity contribution < 1.29 is 30.0 Å². The molecule has 0 fully saturated rings. The van der Waals surface area contributed by atoms with E-state index in [1.807, 2.05) is 0 Å². The topological polar surface area (TPSA) is 118 Å². The van der Waals surface area contributed by atoms with Gasteiger partial charge in [-0.25, -0.2) is 0 Å². The molecule has 8 heteroatoms. The molecule has 4 N–H and O–H groups in total. The number of carboxylic acid groups (broad SMARTS) is 1. The van der Waals surface area contributed by atoms with Crippen LogP contribution in [0.2, 0.25) is 0 Å². The smallest absolute Gasteiger partial charge is 0.318 e. The van der Waals surface area contributed by atoms with Crippen molar-refractivity contribution in [1.82, 2.24) is 4.67 Å². The molecule has 0 rings (SSSR count). The van der Waals surface area contributed by atoms with Crippen LogP contribution >= 0.6 is 8.73 Å². The lowest BCUT2D eigenvalue weighted by Gasteiger charge is -2.38. The van der Waals surface area contributed by atoms with Crippen molar-refractivity contribution in [2.24, 2.45) is 0 Å². The van der Waals surface area contributed by atoms with Crippen molar-refractivity contribution in [2.75, 3.05) is 26.4 Å². The van der Waals surface area contributed by atoms with E-state index in [0.717, 1.165) is 4.67 Å². The van der Waals surface area contributed by atoms with Gasteiger partial charge < -0.3 is 20.4 Å². The monoisotopic (exact) mass is 253 g/mol. The predicted molar refractivity (Wildman–Crippen MR) is 57.3 cm³/mol. The summed E-state index contributed by atoms with van der Waals surface area (Å²) in [5, 5.41) is 36.0. The zero-order valence-electron chi connectivity index (χ0n) is 8.88. The van der Waals surface area contributed by atoms with Gasteiger partial charge >= 0.3 is 5.97 Å². The largest absolute Gasteiger partial charge is 0.480 e. The zero-order chi connectivity index (χ0) is 12.8. The van der Waals surface area contributed by atoms with Gasteiger partial charge in [0.25, 0.3) is 0 Å². The first-order valence-corrected chi connectivity index (χ1v) is 5.46. The summed E-state index contributed by atoms with van der Waals surface area (Å²) in [6, 6.07) is 0. The molecule has 94 valence electrons. The molecule has 1 atom stereocenters. The average Bonchev–Trinajstić information content (AvgIpc) is 2.19. The lowest BCUT2D eigenvalue weighted by Crippen LogP contribution is -2.55. The van der Waals surface area contributed by atoms with Crippen LogP contribution in [0.1, 0.15) is 6.92 Å². The van der Waals surface area contributed by atoms with Crippen LogP contribution in [-0.4, -0.2) is 68.5 Å². The number of nitrogens with zero attached hydrogens (tertiary/aromatic N) is 1. The Hall–Kier alpha value is -0.590. The van der Waals surface area contributed by atoms with Crippen LogP contribution in [0, 0.1) is 0 Å². The van der Waals surface area contributed by atoms with Gasteiger partial charge in [0.15, 0.2) is 5.52 Å². The molecule has 0 aliphatic rings. The molecule has 0 heterocycles. The second-order valence-electron chi connectivity index (χ2n) is 3.35. The molecule has 0 spiro atoms. The summed E-state index contributed by atoms with van der Waals surface area (Å²) in [6.45, 7) is -1.15. The molecule has 0 saturated heterocycles. The van der Waals surface area contributed by atoms with Gasteiger partial charge in [0, 0.05) is 8.73 Å². The minimum Gasteiger partial charge on any atom is -0.480 e. The van der Waals surface area contributed by atoms with Gasteiger partial charge in [-0.1, -0.05) is 0 Å². The van der Waals surface area contributed by atoms with E-state index in [4.69, 9.17) is 20.4 Å². The van der Waals surface area contributed by atoms with E-state index in [0.29, 0.717) is 0 Å². The highest BCUT2D eigenvalue weighted by Gasteiger charge is 2.37. The van der Waals surface area contributed by atoms with Crippen LogP contribution in [-0.2, 0) is 9.59 Å². The zero-order valence-corrected chi connectivity index (χ0v) is 9.88. The van der Waals surface area contributed by atoms with Gasteiger partial charge in [-0.15, -0.1) is 0 Å². The molecule has 0 radical (unpaired) electrons. The molecule has 7 nitrogen and oxygen atoms in total. The third-order valence-electron chi connectivity index (χ3n) is 2.04. The number of hydrogen-bond donors (Lipinski definition) is 4. The van der Waals surface area contributed by atoms with Crippen molar-refractivity contribution in [3.05, 3.63) is 0 Å². The Kier molecular flexibility index (Phi) is 6.62. The van der Waals surface area contributed by atoms with E-state index in [-0.39, 0.29) is 5.52 Å². The Morgan fingerprint density at radius 1 is 1.19 bits per heavy atom. The molecule has 1 unspecified atom stereocenters. The Balaban J connectivity index is 4.94. The van der Waals surface area contributed by atoms with E-state index in [2.05, 4.69) is 0 Å². The molecular weight excluding hydrogens is 237 g/mol. The summed E-state index contributed by atoms with van der Waals surface area (Å²) in [4.78, 5) is 21.6. The highest BCUT2D eigenvalue weighted by atomic mass is 31.1. The number of hydrogen-bond acceptors (Lipinski definition) is 6. The van der Waals surface area contributed by atoms with Crippen LogP contribution in [0.3, 0.4) is 0 Å². The number of rotatable bonds is 8. The Bertz CT molecular complexity index is 231. The molecule has 0 saturated carbocycles. The molecule has 0 aliphatic heterocycles. The SMILES string of the molecule is CC(=O)PN(CC(=O)O)C(CO)(CO)CO. The lowest BCUT2D eigenvalue weighted by atomic mass is 10.0. The summed E-state index contributed by atoms with van der Waals surface area (Å²) in [7, 11) is -0.522. The van der Waals surface area contributed by atoms with Crippen molar-refractivity contribution in [2.45, 2.75) is 12.5 Å². The van der Waals surface area contributed by atoms with E-state index in [9.17, 15) is 9.59 Å². The van der Waals surface area contributed by atoms with Gasteiger partial charge in [0.2, 0.25) is 0 Å². The fourth-order valence-corrected chi connectivity index (χ4v) is 2.10. The number of carbonyl (C=O) groups excluding carboxylic acids is 1. The molecule has 0 aromatic carbocycles. The Morgan fingerprint density at radius 3 is 1.88 bits per heavy atom. The van der Waals surface area contributed by atoms with Crippen molar-refractivity contribution in [3.8, 4) is 0 Å². The lowest BCUT2D eigenvalue weighted by molar-refractivity contribution is -0.139. The van der Waals surface area contributed by atoms with Gasteiger partial charge in [-0.05, 0) is 6.92 Å². The normalized spacial score (nSPS) is 12.6. The van der Waals surface area contributed by atoms with Crippen LogP contribution in [0.25, 0.3) is 0 Å². The maximum atomic E-state index is 11.0. The van der Waals surface area contributed by atoms with Crippen LogP contribution in [0.4, 0.5) is 0 Å². The van der Waals surface area contributed by atoms with E-state index in [1.54, 1.807) is 0 Å². The maximum absolute atomic E-state index is 11.0. The molecule has 0 aromatic heterocycles. The van der Waals surface area contributed by atoms with Crippen molar-refractivity contribution in [1.29, 1.82) is 0 Å². The minimum absolute atomic E-state index is 0.291. The van der Waals surface area contributed by atoms with Gasteiger partial charge in [0.05, 0.1) is 25.4 Å². The first-order valence-electron chi connectivity index (χ1n) is 4.51. The predicted octanol–water partition coefficient (Wildman–Crippen LogP) is -1.77. The van der Waals surface area contributed by atoms with E-state index < -0.39 is 46.6 Å². The molecule has 16 heavy (non-hydrogen) atoms. The fraction of sp³-hybridized carbons (Fsp3) is 0.750. The number of aliphatic hydroxyl groups excluding tert-OH is 3. The Labute approximate surface area is 94.5 Å². The van der Waals surface area contributed by atoms with Crippen molar-refractivity contribution in [3.63, 3.8) is 0 Å². The molecular formula is C8H16NO6P. The summed E-state index contributed by atoms with van der Waals surface area (Å²) >= 11 is 0. The number of carboxylic acids is 1. The molecule has 0 aromatic rings. The molecule has 0 amide bonds.